The Kier molecular flexibility index (Phi) is 4.59. The number of urea groups is 1. The smallest absolute Gasteiger partial charge is 0.318 e. The van der Waals surface area contributed by atoms with E-state index in [1.54, 1.807) is 17.2 Å². The maximum Gasteiger partial charge on any atom is 0.318 e. The van der Waals surface area contributed by atoms with Crippen molar-refractivity contribution in [2.45, 2.75) is 31.4 Å². The van der Waals surface area contributed by atoms with Gasteiger partial charge in [0.2, 0.25) is 0 Å². The second-order valence-corrected chi connectivity index (χ2v) is 10.5. The van der Waals surface area contributed by atoms with Crippen molar-refractivity contribution in [1.82, 2.24) is 20.0 Å². The molecule has 0 aliphatic carbocycles. The molecule has 1 aromatic carbocycles. The van der Waals surface area contributed by atoms with Gasteiger partial charge < -0.3 is 15.3 Å². The number of nitrogens with zero attached hydrogens (tertiary/aromatic N) is 3. The van der Waals surface area contributed by atoms with Gasteiger partial charge in [-0.05, 0) is 37.8 Å². The van der Waals surface area contributed by atoms with Crippen LogP contribution in [-0.4, -0.2) is 59.5 Å². The second-order valence-electron chi connectivity index (χ2n) is 7.93. The Hall–Kier alpha value is -1.84. The SMILES string of the molecule is CC1(C2CCN(C(=O)NCS(C)(=O)=O)CC2)C(O)c2cc(Cl)cc3cnn1c23. The fraction of sp³-hybridized carbons (Fsp3) is 0.556. The molecule has 2 N–H and O–H groups in total. The van der Waals surface area contributed by atoms with Gasteiger partial charge in [-0.25, -0.2) is 13.2 Å². The molecular weight excluding hydrogens is 404 g/mol. The third-order valence-corrected chi connectivity index (χ3v) is 6.94. The van der Waals surface area contributed by atoms with Gasteiger partial charge in [-0.15, -0.1) is 0 Å². The molecule has 2 aliphatic heterocycles. The molecule has 152 valence electrons. The summed E-state index contributed by atoms with van der Waals surface area (Å²) in [6, 6.07) is 3.26. The summed E-state index contributed by atoms with van der Waals surface area (Å²) in [5.74, 6) is -0.264. The predicted molar refractivity (Wildman–Crippen MR) is 106 cm³/mol. The number of sulfone groups is 1. The van der Waals surface area contributed by atoms with Crippen LogP contribution in [0.1, 0.15) is 31.4 Å². The Morgan fingerprint density at radius 1 is 1.39 bits per heavy atom. The van der Waals surface area contributed by atoms with Crippen molar-refractivity contribution in [3.05, 3.63) is 28.9 Å². The number of carbonyl (C=O) groups is 1. The van der Waals surface area contributed by atoms with Crippen LogP contribution in [0, 0.1) is 5.92 Å². The van der Waals surface area contributed by atoms with Crippen LogP contribution in [0.15, 0.2) is 18.3 Å². The highest BCUT2D eigenvalue weighted by atomic mass is 35.5. The molecule has 4 rings (SSSR count). The number of benzene rings is 1. The van der Waals surface area contributed by atoms with Gasteiger partial charge in [-0.3, -0.25) is 4.68 Å². The zero-order chi connectivity index (χ0) is 20.3. The summed E-state index contributed by atoms with van der Waals surface area (Å²) in [7, 11) is -3.26. The monoisotopic (exact) mass is 426 g/mol. The minimum absolute atomic E-state index is 0.107. The van der Waals surface area contributed by atoms with E-state index in [0.29, 0.717) is 31.0 Å². The van der Waals surface area contributed by atoms with Crippen LogP contribution >= 0.6 is 11.6 Å². The number of halogens is 1. The number of aromatic nitrogens is 2. The number of rotatable bonds is 3. The first-order valence-electron chi connectivity index (χ1n) is 9.17. The van der Waals surface area contributed by atoms with Gasteiger partial charge in [0.1, 0.15) is 12.0 Å². The molecule has 0 spiro atoms. The lowest BCUT2D eigenvalue weighted by Gasteiger charge is -2.42. The van der Waals surface area contributed by atoms with Crippen LogP contribution in [0.25, 0.3) is 10.9 Å². The van der Waals surface area contributed by atoms with Crippen molar-refractivity contribution in [2.24, 2.45) is 5.92 Å². The van der Waals surface area contributed by atoms with Gasteiger partial charge in [-0.2, -0.15) is 5.10 Å². The summed E-state index contributed by atoms with van der Waals surface area (Å²) in [4.78, 5) is 13.8. The van der Waals surface area contributed by atoms with Gasteiger partial charge in [0.25, 0.3) is 0 Å². The number of likely N-dealkylation sites (tertiary alicyclic amines) is 1. The van der Waals surface area contributed by atoms with E-state index < -0.39 is 21.5 Å². The number of hydrogen-bond acceptors (Lipinski definition) is 5. The highest BCUT2D eigenvalue weighted by Gasteiger charge is 2.50. The third kappa shape index (κ3) is 3.05. The molecule has 2 aliphatic rings. The Labute approximate surface area is 168 Å². The number of piperidine rings is 1. The van der Waals surface area contributed by atoms with Crippen molar-refractivity contribution < 1.29 is 18.3 Å². The standard InChI is InChI=1S/C18H23ClN4O4S/c1-18(12-3-5-22(6-4-12)17(25)20-10-28(2,26)27)16(24)14-8-13(19)7-11-9-21-23(18)15(11)14/h7-9,12,16,24H,3-6,10H2,1-2H3,(H,20,25). The van der Waals surface area contributed by atoms with Crippen LogP contribution in [0.3, 0.4) is 0 Å². The molecule has 0 bridgehead atoms. The number of aliphatic hydroxyl groups excluding tert-OH is 1. The zero-order valence-corrected chi connectivity index (χ0v) is 17.3. The summed E-state index contributed by atoms with van der Waals surface area (Å²) in [6.07, 6.45) is 3.48. The lowest BCUT2D eigenvalue weighted by Crippen LogP contribution is -2.50. The molecule has 28 heavy (non-hydrogen) atoms. The molecule has 1 fully saturated rings. The summed E-state index contributed by atoms with van der Waals surface area (Å²) >= 11 is 6.20. The molecule has 1 saturated heterocycles. The number of hydrogen-bond donors (Lipinski definition) is 2. The van der Waals surface area contributed by atoms with Crippen molar-refractivity contribution in [2.75, 3.05) is 25.2 Å². The lowest BCUT2D eigenvalue weighted by molar-refractivity contribution is -0.0116. The Morgan fingerprint density at radius 3 is 2.71 bits per heavy atom. The average molecular weight is 427 g/mol. The maximum atomic E-state index is 12.2. The normalized spacial score (nSPS) is 25.4. The highest BCUT2D eigenvalue weighted by Crippen LogP contribution is 2.51. The summed E-state index contributed by atoms with van der Waals surface area (Å²) in [6.45, 7) is 2.98. The topological polar surface area (TPSA) is 105 Å². The zero-order valence-electron chi connectivity index (χ0n) is 15.7. The molecule has 3 heterocycles. The number of amides is 2. The summed E-state index contributed by atoms with van der Waals surface area (Å²) in [5, 5.41) is 19.6. The van der Waals surface area contributed by atoms with E-state index in [4.69, 9.17) is 11.6 Å². The van der Waals surface area contributed by atoms with Gasteiger partial charge in [0.05, 0.1) is 17.3 Å². The highest BCUT2D eigenvalue weighted by molar-refractivity contribution is 7.90. The molecule has 2 unspecified atom stereocenters. The molecular formula is C18H23ClN4O4S. The van der Waals surface area contributed by atoms with Crippen molar-refractivity contribution >= 4 is 38.4 Å². The van der Waals surface area contributed by atoms with Crippen molar-refractivity contribution in [1.29, 1.82) is 0 Å². The van der Waals surface area contributed by atoms with Crippen molar-refractivity contribution in [3.8, 4) is 0 Å². The quantitative estimate of drug-likeness (QED) is 0.779. The van der Waals surface area contributed by atoms with E-state index in [1.165, 1.54) is 0 Å². The van der Waals surface area contributed by atoms with E-state index in [0.717, 1.165) is 22.7 Å². The van der Waals surface area contributed by atoms with Crippen LogP contribution in [0.2, 0.25) is 5.02 Å². The minimum Gasteiger partial charge on any atom is -0.386 e. The molecule has 2 aromatic rings. The molecule has 2 amide bonds. The molecule has 0 saturated carbocycles. The second kappa shape index (κ2) is 6.60. The number of nitrogens with one attached hydrogen (secondary N) is 1. The Balaban J connectivity index is 1.51. The third-order valence-electron chi connectivity index (χ3n) is 6.06. The minimum atomic E-state index is -3.26. The largest absolute Gasteiger partial charge is 0.386 e. The fourth-order valence-corrected chi connectivity index (χ4v) is 5.16. The molecule has 2 atom stereocenters. The van der Waals surface area contributed by atoms with Gasteiger partial charge in [0, 0.05) is 35.3 Å². The maximum absolute atomic E-state index is 12.2. The molecule has 1 aromatic heterocycles. The van der Waals surface area contributed by atoms with Crippen LogP contribution in [0.5, 0.6) is 0 Å². The van der Waals surface area contributed by atoms with Crippen LogP contribution in [0.4, 0.5) is 4.79 Å². The molecule has 0 radical (unpaired) electrons. The molecule has 10 heteroatoms. The molecule has 8 nitrogen and oxygen atoms in total. The summed E-state index contributed by atoms with van der Waals surface area (Å²) < 4.78 is 24.4. The van der Waals surface area contributed by atoms with E-state index >= 15 is 0 Å². The van der Waals surface area contributed by atoms with E-state index in [-0.39, 0.29) is 17.8 Å². The lowest BCUT2D eigenvalue weighted by atomic mass is 9.75. The van der Waals surface area contributed by atoms with Crippen LogP contribution < -0.4 is 5.32 Å². The Bertz CT molecular complexity index is 1050. The van der Waals surface area contributed by atoms with E-state index in [2.05, 4.69) is 10.4 Å². The van der Waals surface area contributed by atoms with E-state index in [9.17, 15) is 18.3 Å². The van der Waals surface area contributed by atoms with E-state index in [1.807, 2.05) is 17.7 Å². The van der Waals surface area contributed by atoms with Gasteiger partial charge in [-0.1, -0.05) is 11.6 Å². The number of aliphatic hydroxyl groups is 1. The van der Waals surface area contributed by atoms with Gasteiger partial charge in [0.15, 0.2) is 9.84 Å². The average Bonchev–Trinajstić information content (AvgIpc) is 3.16. The number of carbonyl (C=O) groups excluding carboxylic acids is 1. The van der Waals surface area contributed by atoms with Gasteiger partial charge >= 0.3 is 6.03 Å². The first-order chi connectivity index (χ1) is 13.1. The summed E-state index contributed by atoms with van der Waals surface area (Å²) in [5.41, 5.74) is 1.08. The fourth-order valence-electron chi connectivity index (χ4n) is 4.54. The first kappa shape index (κ1) is 19.5. The first-order valence-corrected chi connectivity index (χ1v) is 11.6. The Morgan fingerprint density at radius 2 is 2.07 bits per heavy atom. The van der Waals surface area contributed by atoms with Crippen LogP contribution in [-0.2, 0) is 15.4 Å². The predicted octanol–water partition coefficient (Wildman–Crippen LogP) is 1.88. The van der Waals surface area contributed by atoms with Crippen molar-refractivity contribution in [3.63, 3.8) is 0 Å².